The molecule has 1 aromatic carbocycles. The van der Waals surface area contributed by atoms with Crippen LogP contribution in [0.3, 0.4) is 0 Å². The molecule has 3 heterocycles. The zero-order chi connectivity index (χ0) is 25.2. The van der Waals surface area contributed by atoms with E-state index in [1.165, 1.54) is 18.5 Å². The average molecular weight is 500 g/mol. The highest BCUT2D eigenvalue weighted by Crippen LogP contribution is 2.37. The van der Waals surface area contributed by atoms with Crippen molar-refractivity contribution in [1.82, 2.24) is 9.97 Å². The molecule has 0 spiro atoms. The molecule has 3 aromatic rings. The molecule has 1 aliphatic rings. The number of aromatic nitrogens is 2. The molecule has 1 saturated heterocycles. The third-order valence-electron chi connectivity index (χ3n) is 6.06. The minimum atomic E-state index is -2.94. The highest BCUT2D eigenvalue weighted by atomic mass is 32.2. The fourth-order valence-electron chi connectivity index (χ4n) is 4.22. The Morgan fingerprint density at radius 2 is 1.97 bits per heavy atom. The topological polar surface area (TPSA) is 99.0 Å². The second-order valence-electron chi connectivity index (χ2n) is 8.76. The van der Waals surface area contributed by atoms with Crippen LogP contribution in [0.2, 0.25) is 0 Å². The summed E-state index contributed by atoms with van der Waals surface area (Å²) in [5.74, 6) is -3.15. The number of benzene rings is 1. The van der Waals surface area contributed by atoms with Crippen LogP contribution < -0.4 is 10.2 Å². The number of pyridine rings is 2. The fraction of sp³-hybridized carbons (Fsp3) is 0.320. The third kappa shape index (κ3) is 5.64. The SMILES string of the molecule is Cc1c(C(=O)Nc2cccc(S(C)(=N)=O)c2)cnc(-c2cccnc2)c1N1CCCC(F)(F)CC1. The second-order valence-corrected chi connectivity index (χ2v) is 10.9. The number of alkyl halides is 2. The van der Waals surface area contributed by atoms with Gasteiger partial charge in [-0.2, -0.15) is 0 Å². The molecule has 1 aliphatic heterocycles. The Balaban J connectivity index is 1.74. The van der Waals surface area contributed by atoms with Crippen molar-refractivity contribution in [3.63, 3.8) is 0 Å². The van der Waals surface area contributed by atoms with Crippen LogP contribution >= 0.6 is 0 Å². The molecule has 0 aliphatic carbocycles. The fourth-order valence-corrected chi connectivity index (χ4v) is 4.91. The van der Waals surface area contributed by atoms with E-state index >= 15 is 0 Å². The molecule has 0 radical (unpaired) electrons. The number of hydrogen-bond donors (Lipinski definition) is 2. The number of nitrogens with zero attached hydrogens (tertiary/aromatic N) is 3. The highest BCUT2D eigenvalue weighted by Gasteiger charge is 2.33. The number of halogens is 2. The predicted octanol–water partition coefficient (Wildman–Crippen LogP) is 5.37. The van der Waals surface area contributed by atoms with E-state index in [9.17, 15) is 17.8 Å². The van der Waals surface area contributed by atoms with Gasteiger partial charge in [0.25, 0.3) is 5.91 Å². The predicted molar refractivity (Wildman–Crippen MR) is 133 cm³/mol. The van der Waals surface area contributed by atoms with Crippen LogP contribution in [0.1, 0.15) is 35.2 Å². The van der Waals surface area contributed by atoms with Crippen molar-refractivity contribution < 1.29 is 17.8 Å². The van der Waals surface area contributed by atoms with E-state index in [2.05, 4.69) is 15.3 Å². The van der Waals surface area contributed by atoms with E-state index < -0.39 is 21.6 Å². The standard InChI is InChI=1S/C25H27F2N5O2S/c1-17-21(24(33)31-19-7-3-8-20(14-19)35(2,28)34)16-30-22(18-6-4-11-29-15-18)23(17)32-12-5-9-25(26,27)10-13-32/h3-4,6-8,11,14-16,28H,5,9-10,12-13H2,1-2H3,(H,31,33). The van der Waals surface area contributed by atoms with Crippen LogP contribution in [0.4, 0.5) is 20.2 Å². The molecule has 35 heavy (non-hydrogen) atoms. The number of rotatable bonds is 5. The lowest BCUT2D eigenvalue weighted by Crippen LogP contribution is -2.28. The van der Waals surface area contributed by atoms with Gasteiger partial charge in [0, 0.05) is 66.9 Å². The van der Waals surface area contributed by atoms with Gasteiger partial charge in [-0.1, -0.05) is 6.07 Å². The Bertz CT molecular complexity index is 1350. The quantitative estimate of drug-likeness (QED) is 0.492. The van der Waals surface area contributed by atoms with Gasteiger partial charge in [0.2, 0.25) is 5.92 Å². The van der Waals surface area contributed by atoms with E-state index in [1.807, 2.05) is 11.0 Å². The zero-order valence-electron chi connectivity index (χ0n) is 19.6. The van der Waals surface area contributed by atoms with Crippen molar-refractivity contribution in [2.24, 2.45) is 0 Å². The number of amides is 1. The van der Waals surface area contributed by atoms with Crippen molar-refractivity contribution in [3.05, 3.63) is 66.1 Å². The number of nitrogens with one attached hydrogen (secondary N) is 2. The van der Waals surface area contributed by atoms with Crippen LogP contribution in [-0.2, 0) is 9.73 Å². The molecule has 1 fully saturated rings. The first-order chi connectivity index (χ1) is 16.5. The maximum Gasteiger partial charge on any atom is 0.257 e. The Morgan fingerprint density at radius 1 is 1.17 bits per heavy atom. The van der Waals surface area contributed by atoms with Crippen LogP contribution in [0.25, 0.3) is 11.3 Å². The van der Waals surface area contributed by atoms with Crippen LogP contribution in [-0.4, -0.2) is 45.4 Å². The van der Waals surface area contributed by atoms with Gasteiger partial charge in [-0.15, -0.1) is 0 Å². The molecule has 1 unspecified atom stereocenters. The minimum Gasteiger partial charge on any atom is -0.369 e. The van der Waals surface area contributed by atoms with Crippen LogP contribution in [0, 0.1) is 11.7 Å². The summed E-state index contributed by atoms with van der Waals surface area (Å²) >= 11 is 0. The zero-order valence-corrected chi connectivity index (χ0v) is 20.4. The average Bonchev–Trinajstić information content (AvgIpc) is 2.99. The van der Waals surface area contributed by atoms with Gasteiger partial charge in [0.15, 0.2) is 0 Å². The van der Waals surface area contributed by atoms with Gasteiger partial charge in [-0.05, 0) is 49.2 Å². The lowest BCUT2D eigenvalue weighted by molar-refractivity contribution is -0.0102. The number of hydrogen-bond acceptors (Lipinski definition) is 6. The van der Waals surface area contributed by atoms with Crippen molar-refractivity contribution >= 4 is 27.0 Å². The van der Waals surface area contributed by atoms with Crippen molar-refractivity contribution in [1.29, 1.82) is 4.78 Å². The van der Waals surface area contributed by atoms with Crippen molar-refractivity contribution in [2.45, 2.75) is 37.0 Å². The molecule has 1 atom stereocenters. The van der Waals surface area contributed by atoms with Crippen molar-refractivity contribution in [2.75, 3.05) is 29.6 Å². The van der Waals surface area contributed by atoms with E-state index in [0.29, 0.717) is 46.1 Å². The summed E-state index contributed by atoms with van der Waals surface area (Å²) < 4.78 is 48.1. The lowest BCUT2D eigenvalue weighted by atomic mass is 10.0. The molecule has 2 aromatic heterocycles. The van der Waals surface area contributed by atoms with Crippen molar-refractivity contribution in [3.8, 4) is 11.3 Å². The maximum atomic E-state index is 14.1. The molecule has 0 bridgehead atoms. The Labute approximate surface area is 203 Å². The second kappa shape index (κ2) is 9.69. The molecule has 2 N–H and O–H groups in total. The van der Waals surface area contributed by atoms with E-state index in [-0.39, 0.29) is 19.4 Å². The first-order valence-corrected chi connectivity index (χ1v) is 13.2. The summed E-state index contributed by atoms with van der Waals surface area (Å²) in [6.45, 7) is 2.35. The van der Waals surface area contributed by atoms with Crippen LogP contribution in [0.5, 0.6) is 0 Å². The number of carbonyl (C=O) groups excluding carboxylic acids is 1. The van der Waals surface area contributed by atoms with Gasteiger partial charge in [0.1, 0.15) is 0 Å². The monoisotopic (exact) mass is 499 g/mol. The summed E-state index contributed by atoms with van der Waals surface area (Å²) in [6, 6.07) is 9.99. The molecular formula is C25H27F2N5O2S. The van der Waals surface area contributed by atoms with Gasteiger partial charge in [-0.3, -0.25) is 14.8 Å². The van der Waals surface area contributed by atoms with Crippen LogP contribution in [0.15, 0.2) is 59.9 Å². The van der Waals surface area contributed by atoms with E-state index in [1.54, 1.807) is 43.6 Å². The lowest BCUT2D eigenvalue weighted by Gasteiger charge is -2.28. The molecule has 4 rings (SSSR count). The summed E-state index contributed by atoms with van der Waals surface area (Å²) in [4.78, 5) is 24.2. The smallest absolute Gasteiger partial charge is 0.257 e. The summed E-state index contributed by atoms with van der Waals surface area (Å²) in [7, 11) is -2.94. The van der Waals surface area contributed by atoms with Gasteiger partial charge in [-0.25, -0.2) is 17.8 Å². The molecule has 0 saturated carbocycles. The first kappa shape index (κ1) is 24.7. The van der Waals surface area contributed by atoms with E-state index in [0.717, 1.165) is 5.56 Å². The van der Waals surface area contributed by atoms with Gasteiger partial charge < -0.3 is 10.2 Å². The first-order valence-electron chi connectivity index (χ1n) is 11.2. The Hall–Kier alpha value is -3.40. The van der Waals surface area contributed by atoms with E-state index in [4.69, 9.17) is 4.78 Å². The Morgan fingerprint density at radius 3 is 2.69 bits per heavy atom. The molecule has 184 valence electrons. The number of anilines is 2. The van der Waals surface area contributed by atoms with Gasteiger partial charge >= 0.3 is 0 Å². The Kier molecular flexibility index (Phi) is 6.84. The summed E-state index contributed by atoms with van der Waals surface area (Å²) in [5.41, 5.74) is 3.28. The molecule has 1 amide bonds. The summed E-state index contributed by atoms with van der Waals surface area (Å²) in [6.07, 6.45) is 5.97. The molecule has 10 heteroatoms. The van der Waals surface area contributed by atoms with Gasteiger partial charge in [0.05, 0.1) is 26.7 Å². The largest absolute Gasteiger partial charge is 0.369 e. The molecular weight excluding hydrogens is 472 g/mol. The third-order valence-corrected chi connectivity index (χ3v) is 7.22. The normalized spacial score (nSPS) is 17.3. The minimum absolute atomic E-state index is 0.143. The maximum absolute atomic E-state index is 14.1. The highest BCUT2D eigenvalue weighted by molar-refractivity contribution is 7.91. The molecule has 7 nitrogen and oxygen atoms in total. The number of carbonyl (C=O) groups is 1. The summed E-state index contributed by atoms with van der Waals surface area (Å²) in [5, 5.41) is 2.79.